The third kappa shape index (κ3) is 12.5. The second kappa shape index (κ2) is 27.6. The summed E-state index contributed by atoms with van der Waals surface area (Å²) in [5.74, 6) is -0.336. The van der Waals surface area contributed by atoms with E-state index in [2.05, 4.69) is 231 Å². The number of furan rings is 2. The Morgan fingerprint density at radius 1 is 0.396 bits per heavy atom. The number of halogens is 3. The van der Waals surface area contributed by atoms with Crippen LogP contribution in [-0.2, 0) is 6.42 Å². The molecule has 91 heavy (non-hydrogen) atoms. The Labute approximate surface area is 558 Å². The molecule has 16 rings (SSSR count). The lowest BCUT2D eigenvalue weighted by molar-refractivity contribution is 0.584. The number of para-hydroxylation sites is 3. The summed E-state index contributed by atoms with van der Waals surface area (Å²) in [6.07, 6.45) is -1.07. The third-order valence-corrected chi connectivity index (χ3v) is 17.8. The molecular formula is C74H50B11Br2FNO2. The van der Waals surface area contributed by atoms with E-state index in [-0.39, 0.29) is 19.6 Å². The van der Waals surface area contributed by atoms with E-state index in [0.717, 1.165) is 87.1 Å². The molecule has 417 valence electrons. The number of hydrogen-bond acceptors (Lipinski definition) is 2. The van der Waals surface area contributed by atoms with Crippen LogP contribution in [0.1, 0.15) is 18.6 Å². The number of fused-ring (bicyclic) bond motifs is 12. The molecule has 12 aromatic carbocycles. The predicted octanol–water partition coefficient (Wildman–Crippen LogP) is 18.3. The summed E-state index contributed by atoms with van der Waals surface area (Å²) in [6.45, 7) is 0. The molecule has 17 heteroatoms. The van der Waals surface area contributed by atoms with Gasteiger partial charge in [-0.1, -0.05) is 246 Å². The van der Waals surface area contributed by atoms with Crippen molar-refractivity contribution in [3.63, 3.8) is 0 Å². The summed E-state index contributed by atoms with van der Waals surface area (Å²) in [5.41, 5.74) is 20.9. The Kier molecular flexibility index (Phi) is 19.1. The molecule has 0 unspecified atom stereocenters. The predicted molar refractivity (Wildman–Crippen MR) is 404 cm³/mol. The van der Waals surface area contributed by atoms with Crippen LogP contribution in [0.15, 0.2) is 285 Å². The molecule has 1 aliphatic carbocycles. The van der Waals surface area contributed by atoms with E-state index in [1.807, 2.05) is 66.7 Å². The van der Waals surface area contributed by atoms with Crippen molar-refractivity contribution in [2.45, 2.75) is 13.8 Å². The highest BCUT2D eigenvalue weighted by atomic mass is 79.9. The number of benzene rings is 12. The topological polar surface area (TPSA) is 31.2 Å². The molecule has 15 aromatic rings. The zero-order valence-electron chi connectivity index (χ0n) is 48.9. The molecule has 0 spiro atoms. The molecule has 0 saturated heterocycles. The Bertz CT molecular complexity index is 5090. The first-order valence-corrected chi connectivity index (χ1v) is 31.3. The van der Waals surface area contributed by atoms with Gasteiger partial charge in [-0.2, -0.15) is 0 Å². The molecular weight excluding hydrogens is 1230 g/mol. The van der Waals surface area contributed by atoms with Crippen LogP contribution in [0, 0.1) is 5.82 Å². The summed E-state index contributed by atoms with van der Waals surface area (Å²) >= 11 is 7.20. The van der Waals surface area contributed by atoms with Crippen molar-refractivity contribution in [1.82, 2.24) is 4.57 Å². The zero-order chi connectivity index (χ0) is 62.0. The van der Waals surface area contributed by atoms with Gasteiger partial charge in [0.05, 0.1) is 16.7 Å². The van der Waals surface area contributed by atoms with Gasteiger partial charge in [0.2, 0.25) is 0 Å². The SMILES string of the molecule is Brc1ccc2c(c1)-c1ccccc1C2.Brc1ccc2c(c1)c1ccccc1n2-c1ccc(-c2ccccc2-c2ccccc2)c2c1oc1ccccc12.C.Fc1ccc(-c2ccccc2-c2ccccc2)c2c1oc1ccccc12.[B][B]B([B])B(B([B])[B])B([B])[B]. The Morgan fingerprint density at radius 3 is 1.43 bits per heavy atom. The molecule has 0 N–H and O–H groups in total. The molecule has 0 fully saturated rings. The molecule has 3 nitrogen and oxygen atoms in total. The average Bonchev–Trinajstić information content (AvgIpc) is 1.60. The number of aromatic nitrogens is 1. The quantitative estimate of drug-likeness (QED) is 0.135. The normalized spacial score (nSPS) is 11.2. The van der Waals surface area contributed by atoms with Gasteiger partial charge < -0.3 is 13.4 Å². The third-order valence-electron chi connectivity index (χ3n) is 16.8. The molecule has 0 atom stereocenters. The summed E-state index contributed by atoms with van der Waals surface area (Å²) < 4.78 is 31.5. The number of hydrogen-bond donors (Lipinski definition) is 0. The minimum atomic E-state index is -0.648. The summed E-state index contributed by atoms with van der Waals surface area (Å²) in [4.78, 5) is 0. The van der Waals surface area contributed by atoms with E-state index < -0.39 is 19.2 Å². The lowest BCUT2D eigenvalue weighted by atomic mass is 8.56. The van der Waals surface area contributed by atoms with Gasteiger partial charge >= 0.3 is 0 Å². The van der Waals surface area contributed by atoms with Crippen LogP contribution in [0.2, 0.25) is 0 Å². The second-order valence-corrected chi connectivity index (χ2v) is 24.1. The van der Waals surface area contributed by atoms with E-state index >= 15 is 0 Å². The van der Waals surface area contributed by atoms with E-state index in [4.69, 9.17) is 55.3 Å². The van der Waals surface area contributed by atoms with Crippen molar-refractivity contribution in [3.8, 4) is 61.3 Å². The van der Waals surface area contributed by atoms with Crippen LogP contribution in [0.5, 0.6) is 0 Å². The molecule has 3 heterocycles. The van der Waals surface area contributed by atoms with Crippen LogP contribution in [0.3, 0.4) is 0 Å². The first-order chi connectivity index (χ1) is 43.9. The van der Waals surface area contributed by atoms with Crippen molar-refractivity contribution in [1.29, 1.82) is 0 Å². The fourth-order valence-electron chi connectivity index (χ4n) is 12.6. The van der Waals surface area contributed by atoms with Gasteiger partial charge in [-0.15, -0.1) is 0 Å². The molecule has 3 aromatic heterocycles. The standard InChI is InChI=1S/C36H22BrNO.C24H15FO.C13H9Br.CH4.B11/c37-24-18-20-32-30(22-24)27-14-6-8-16-31(27)38(32)33-21-19-28(35-29-15-7-9-17-34(29)39-36(33)35)26-13-5-4-12-25(26)23-10-2-1-3-11-23;25-21-15-14-19(23-20-12-6-7-13-22(20)26-24(21)23)18-11-5-4-10-17(18)16-8-2-1-3-9-16;14-11-6-5-10-7-9-3-1-2-4-12(9)13(10)8-11;;1-7-10(6)11(8(2)3)9(4)5/h1-22H;1-15H;1-6,8H,7H2;1H4;. The molecule has 13 radical (unpaired) electrons. The highest BCUT2D eigenvalue weighted by Gasteiger charge is 2.27. The maximum Gasteiger partial charge on any atom is 0.171 e. The van der Waals surface area contributed by atoms with Crippen LogP contribution in [0.25, 0.3) is 127 Å². The Hall–Kier alpha value is -8.36. The molecule has 0 saturated carbocycles. The van der Waals surface area contributed by atoms with E-state index in [1.165, 1.54) is 68.4 Å². The van der Waals surface area contributed by atoms with Gasteiger partial charge in [-0.3, -0.25) is 0 Å². The summed E-state index contributed by atoms with van der Waals surface area (Å²) in [7, 11) is 33.5. The van der Waals surface area contributed by atoms with Crippen molar-refractivity contribution < 1.29 is 13.2 Å². The van der Waals surface area contributed by atoms with Crippen LogP contribution < -0.4 is 0 Å². The number of nitrogens with zero attached hydrogens (tertiary/aromatic N) is 1. The van der Waals surface area contributed by atoms with E-state index in [9.17, 15) is 4.39 Å². The zero-order valence-corrected chi connectivity index (χ0v) is 52.0. The maximum atomic E-state index is 14.4. The van der Waals surface area contributed by atoms with Gasteiger partial charge in [0.15, 0.2) is 17.0 Å². The summed E-state index contributed by atoms with van der Waals surface area (Å²) in [6, 6.07) is 91.9. The summed E-state index contributed by atoms with van der Waals surface area (Å²) in [5, 5.41) is 6.44. The van der Waals surface area contributed by atoms with Crippen molar-refractivity contribution in [2.24, 2.45) is 0 Å². The van der Waals surface area contributed by atoms with Gasteiger partial charge in [-0.25, -0.2) is 4.39 Å². The smallest absolute Gasteiger partial charge is 0.171 e. The van der Waals surface area contributed by atoms with Crippen molar-refractivity contribution >= 4 is 177 Å². The minimum absolute atomic E-state index is 0. The Morgan fingerprint density at radius 2 is 0.846 bits per heavy atom. The lowest BCUT2D eigenvalue weighted by Gasteiger charge is -2.25. The molecule has 0 aliphatic heterocycles. The minimum Gasteiger partial charge on any atom is -0.454 e. The average molecular weight is 1280 g/mol. The first-order valence-electron chi connectivity index (χ1n) is 29.7. The van der Waals surface area contributed by atoms with Crippen molar-refractivity contribution in [3.05, 3.63) is 293 Å². The van der Waals surface area contributed by atoms with E-state index in [0.29, 0.717) is 11.2 Å². The highest BCUT2D eigenvalue weighted by Crippen LogP contribution is 2.46. The van der Waals surface area contributed by atoms with Gasteiger partial charge in [0.1, 0.15) is 11.2 Å². The van der Waals surface area contributed by atoms with Gasteiger partial charge in [0, 0.05) is 120 Å². The maximum absolute atomic E-state index is 14.4. The van der Waals surface area contributed by atoms with Crippen LogP contribution in [0.4, 0.5) is 4.39 Å². The highest BCUT2D eigenvalue weighted by molar-refractivity contribution is 9.10. The fraction of sp³-hybridized carbons (Fsp3) is 0.0270. The van der Waals surface area contributed by atoms with Crippen LogP contribution >= 0.6 is 31.9 Å². The van der Waals surface area contributed by atoms with Crippen molar-refractivity contribution in [2.75, 3.05) is 0 Å². The van der Waals surface area contributed by atoms with E-state index in [1.54, 1.807) is 0 Å². The molecule has 1 aliphatic rings. The monoisotopic (exact) mass is 1280 g/mol. The second-order valence-electron chi connectivity index (χ2n) is 22.3. The fourth-order valence-corrected chi connectivity index (χ4v) is 13.3. The van der Waals surface area contributed by atoms with Gasteiger partial charge in [0.25, 0.3) is 0 Å². The molecule has 0 amide bonds. The largest absolute Gasteiger partial charge is 0.454 e. The number of rotatable bonds is 9. The van der Waals surface area contributed by atoms with Gasteiger partial charge in [-0.05, 0) is 134 Å². The molecule has 0 bridgehead atoms. The first kappa shape index (κ1) is 62.8. The van der Waals surface area contributed by atoms with Crippen LogP contribution in [-0.4, -0.2) is 83.6 Å². The lowest BCUT2D eigenvalue weighted by Crippen LogP contribution is -2.63. The Balaban J connectivity index is 0.000000132.